The van der Waals surface area contributed by atoms with Gasteiger partial charge in [-0.3, -0.25) is 4.79 Å². The van der Waals surface area contributed by atoms with Crippen LogP contribution in [0.3, 0.4) is 0 Å². The number of hydrogen-bond acceptors (Lipinski definition) is 2. The summed E-state index contributed by atoms with van der Waals surface area (Å²) < 4.78 is 1.89. The van der Waals surface area contributed by atoms with E-state index in [1.807, 2.05) is 36.7 Å². The van der Waals surface area contributed by atoms with Crippen molar-refractivity contribution in [3.05, 3.63) is 59.4 Å². The van der Waals surface area contributed by atoms with Gasteiger partial charge in [-0.15, -0.1) is 0 Å². The highest BCUT2D eigenvalue weighted by Crippen LogP contribution is 2.13. The van der Waals surface area contributed by atoms with Crippen LogP contribution in [0.4, 0.5) is 5.69 Å². The summed E-state index contributed by atoms with van der Waals surface area (Å²) >= 11 is 0. The number of pyridine rings is 1. The average molecular weight is 266 g/mol. The molecule has 2 aromatic rings. The maximum Gasteiger partial charge on any atom is 0.290 e. The number of nitrogens with one attached hydrogen (secondary N) is 1. The van der Waals surface area contributed by atoms with Crippen LogP contribution >= 0.6 is 0 Å². The zero-order valence-corrected chi connectivity index (χ0v) is 11.6. The lowest BCUT2D eigenvalue weighted by Crippen LogP contribution is -2.43. The van der Waals surface area contributed by atoms with Crippen molar-refractivity contribution in [2.45, 2.75) is 20.4 Å². The van der Waals surface area contributed by atoms with Crippen LogP contribution in [-0.4, -0.2) is 5.91 Å². The van der Waals surface area contributed by atoms with Crippen molar-refractivity contribution in [2.24, 2.45) is 0 Å². The van der Waals surface area contributed by atoms with Crippen molar-refractivity contribution < 1.29 is 9.36 Å². The van der Waals surface area contributed by atoms with Gasteiger partial charge in [-0.1, -0.05) is 12.1 Å². The topological polar surface area (TPSA) is 56.8 Å². The first-order valence-electron chi connectivity index (χ1n) is 6.36. The van der Waals surface area contributed by atoms with Gasteiger partial charge in [0.25, 0.3) is 5.91 Å². The molecule has 4 heteroatoms. The largest absolute Gasteiger partial charge is 0.319 e. The van der Waals surface area contributed by atoms with Crippen LogP contribution < -0.4 is 9.88 Å². The predicted octanol–water partition coefficient (Wildman–Crippen LogP) is 2.10. The summed E-state index contributed by atoms with van der Waals surface area (Å²) in [6.07, 6.45) is 1.87. The van der Waals surface area contributed by atoms with Gasteiger partial charge < -0.3 is 5.32 Å². The first kappa shape index (κ1) is 13.8. The number of aryl methyl sites for hydroxylation is 1. The fourth-order valence-corrected chi connectivity index (χ4v) is 1.96. The molecule has 1 aromatic carbocycles. The van der Waals surface area contributed by atoms with Crippen molar-refractivity contribution >= 4 is 11.6 Å². The van der Waals surface area contributed by atoms with Crippen LogP contribution in [0.25, 0.3) is 0 Å². The van der Waals surface area contributed by atoms with Gasteiger partial charge in [-0.25, -0.2) is 0 Å². The Labute approximate surface area is 118 Å². The van der Waals surface area contributed by atoms with Gasteiger partial charge in [-0.2, -0.15) is 9.83 Å². The van der Waals surface area contributed by atoms with Crippen molar-refractivity contribution in [1.29, 1.82) is 5.26 Å². The van der Waals surface area contributed by atoms with Gasteiger partial charge in [-0.05, 0) is 25.1 Å². The second-order valence-electron chi connectivity index (χ2n) is 4.61. The number of para-hydroxylation sites is 1. The van der Waals surface area contributed by atoms with Crippen molar-refractivity contribution in [3.63, 3.8) is 0 Å². The molecule has 1 heterocycles. The summed E-state index contributed by atoms with van der Waals surface area (Å²) in [5.41, 5.74) is 3.20. The average Bonchev–Trinajstić information content (AvgIpc) is 2.44. The number of carbonyl (C=O) groups is 1. The second kappa shape index (κ2) is 5.98. The molecule has 0 aliphatic carbocycles. The minimum atomic E-state index is -0.147. The molecule has 0 bridgehead atoms. The Balaban J connectivity index is 2.14. The highest BCUT2D eigenvalue weighted by atomic mass is 16.1. The Morgan fingerprint density at radius 3 is 2.75 bits per heavy atom. The van der Waals surface area contributed by atoms with E-state index in [-0.39, 0.29) is 12.5 Å². The normalized spacial score (nSPS) is 9.85. The minimum Gasteiger partial charge on any atom is -0.319 e. The van der Waals surface area contributed by atoms with Crippen molar-refractivity contribution in [2.75, 3.05) is 5.32 Å². The van der Waals surface area contributed by atoms with E-state index in [1.54, 1.807) is 24.3 Å². The minimum absolute atomic E-state index is 0.147. The first-order valence-corrected chi connectivity index (χ1v) is 6.36. The summed E-state index contributed by atoms with van der Waals surface area (Å²) in [6, 6.07) is 13.0. The van der Waals surface area contributed by atoms with Crippen LogP contribution in [0.2, 0.25) is 0 Å². The third-order valence-corrected chi connectivity index (χ3v) is 3.25. The monoisotopic (exact) mass is 266 g/mol. The van der Waals surface area contributed by atoms with Gasteiger partial charge in [0.05, 0.1) is 11.3 Å². The Morgan fingerprint density at radius 2 is 2.00 bits per heavy atom. The SMILES string of the molecule is Cc1ccc[n+](CC(=O)Nc2ccccc2C#N)c1C. The van der Waals surface area contributed by atoms with E-state index in [4.69, 9.17) is 5.26 Å². The quantitative estimate of drug-likeness (QED) is 0.865. The van der Waals surface area contributed by atoms with E-state index >= 15 is 0 Å². The Bertz CT molecular complexity index is 686. The fraction of sp³-hybridized carbons (Fsp3) is 0.188. The number of nitriles is 1. The molecule has 0 spiro atoms. The van der Waals surface area contributed by atoms with Gasteiger partial charge in [0.1, 0.15) is 6.07 Å². The van der Waals surface area contributed by atoms with Crippen LogP contribution in [0.1, 0.15) is 16.8 Å². The van der Waals surface area contributed by atoms with Crippen molar-refractivity contribution in [3.8, 4) is 6.07 Å². The molecule has 0 atom stereocenters. The molecule has 4 nitrogen and oxygen atoms in total. The molecular formula is C16H16N3O+. The van der Waals surface area contributed by atoms with Crippen LogP contribution in [0.5, 0.6) is 0 Å². The Kier molecular flexibility index (Phi) is 4.11. The number of rotatable bonds is 3. The van der Waals surface area contributed by atoms with E-state index in [0.29, 0.717) is 11.3 Å². The van der Waals surface area contributed by atoms with Crippen molar-refractivity contribution in [1.82, 2.24) is 0 Å². The maximum atomic E-state index is 12.1. The molecular weight excluding hydrogens is 250 g/mol. The van der Waals surface area contributed by atoms with Gasteiger partial charge in [0.15, 0.2) is 11.9 Å². The predicted molar refractivity (Wildman–Crippen MR) is 75.9 cm³/mol. The number of anilines is 1. The molecule has 1 amide bonds. The standard InChI is InChI=1S/C16H15N3O/c1-12-6-5-9-19(13(12)2)11-16(20)18-15-8-4-3-7-14(15)10-17/h3-9H,11H2,1-2H3/p+1. The second-order valence-corrected chi connectivity index (χ2v) is 4.61. The van der Waals surface area contributed by atoms with E-state index in [1.165, 1.54) is 0 Å². The van der Waals surface area contributed by atoms with E-state index in [2.05, 4.69) is 11.4 Å². The van der Waals surface area contributed by atoms with Crippen LogP contribution in [-0.2, 0) is 11.3 Å². The number of nitrogens with zero attached hydrogens (tertiary/aromatic N) is 2. The lowest BCUT2D eigenvalue weighted by atomic mass is 10.2. The smallest absolute Gasteiger partial charge is 0.290 e. The number of amides is 1. The Morgan fingerprint density at radius 1 is 1.25 bits per heavy atom. The van der Waals surface area contributed by atoms with Gasteiger partial charge in [0, 0.05) is 18.6 Å². The highest BCUT2D eigenvalue weighted by Gasteiger charge is 2.14. The van der Waals surface area contributed by atoms with E-state index < -0.39 is 0 Å². The molecule has 1 aromatic heterocycles. The number of aromatic nitrogens is 1. The molecule has 0 aliphatic heterocycles. The zero-order valence-electron chi connectivity index (χ0n) is 11.6. The zero-order chi connectivity index (χ0) is 14.5. The van der Waals surface area contributed by atoms with Gasteiger partial charge in [0.2, 0.25) is 6.54 Å². The summed E-state index contributed by atoms with van der Waals surface area (Å²) in [5.74, 6) is -0.147. The molecule has 2 rings (SSSR count). The highest BCUT2D eigenvalue weighted by molar-refractivity contribution is 5.91. The third kappa shape index (κ3) is 3.01. The van der Waals surface area contributed by atoms with Crippen LogP contribution in [0, 0.1) is 25.2 Å². The first-order chi connectivity index (χ1) is 9.61. The number of hydrogen-bond donors (Lipinski definition) is 1. The molecule has 0 radical (unpaired) electrons. The number of carbonyl (C=O) groups excluding carboxylic acids is 1. The number of benzene rings is 1. The van der Waals surface area contributed by atoms with Crippen LogP contribution in [0.15, 0.2) is 42.6 Å². The molecule has 0 unspecified atom stereocenters. The lowest BCUT2D eigenvalue weighted by Gasteiger charge is -2.06. The third-order valence-electron chi connectivity index (χ3n) is 3.25. The summed E-state index contributed by atoms with van der Waals surface area (Å²) in [5, 5.41) is 11.8. The molecule has 0 fully saturated rings. The van der Waals surface area contributed by atoms with E-state index in [0.717, 1.165) is 11.3 Å². The molecule has 0 saturated carbocycles. The molecule has 0 saturated heterocycles. The Hall–Kier alpha value is -2.67. The summed E-state index contributed by atoms with van der Waals surface area (Å²) in [6.45, 7) is 4.22. The van der Waals surface area contributed by atoms with Gasteiger partial charge >= 0.3 is 0 Å². The fourth-order valence-electron chi connectivity index (χ4n) is 1.96. The molecule has 20 heavy (non-hydrogen) atoms. The summed E-state index contributed by atoms with van der Waals surface area (Å²) in [7, 11) is 0. The molecule has 1 N–H and O–H groups in total. The lowest BCUT2D eigenvalue weighted by molar-refractivity contribution is -0.690. The maximum absolute atomic E-state index is 12.1. The van der Waals surface area contributed by atoms with E-state index in [9.17, 15) is 4.79 Å². The summed E-state index contributed by atoms with van der Waals surface area (Å²) in [4.78, 5) is 12.1. The molecule has 100 valence electrons. The molecule has 0 aliphatic rings.